The maximum Gasteiger partial charge on any atom is 0.258 e. The Morgan fingerprint density at radius 3 is 2.68 bits per heavy atom. The van der Waals surface area contributed by atoms with Crippen molar-refractivity contribution in [1.82, 2.24) is 0 Å². The van der Waals surface area contributed by atoms with Crippen LogP contribution in [0.3, 0.4) is 0 Å². The van der Waals surface area contributed by atoms with E-state index in [2.05, 4.69) is 5.32 Å². The Kier molecular flexibility index (Phi) is 5.50. The van der Waals surface area contributed by atoms with E-state index < -0.39 is 6.67 Å². The lowest BCUT2D eigenvalue weighted by Gasteiger charge is -2.16. The highest BCUT2D eigenvalue weighted by molar-refractivity contribution is 6.10. The number of nitrogens with zero attached hydrogens (tertiary/aromatic N) is 1. The van der Waals surface area contributed by atoms with Gasteiger partial charge >= 0.3 is 0 Å². The molecule has 2 aromatic rings. The normalized spacial score (nSPS) is 13.0. The molecule has 1 N–H and O–H groups in total. The number of anilines is 2. The number of amides is 1. The van der Waals surface area contributed by atoms with Gasteiger partial charge in [0.25, 0.3) is 5.91 Å². The summed E-state index contributed by atoms with van der Waals surface area (Å²) in [5, 5.41) is 3.20. The summed E-state index contributed by atoms with van der Waals surface area (Å²) in [6.45, 7) is 1.26. The van der Waals surface area contributed by atoms with E-state index >= 15 is 0 Å². The summed E-state index contributed by atoms with van der Waals surface area (Å²) >= 11 is 0. The minimum atomic E-state index is -0.465. The summed E-state index contributed by atoms with van der Waals surface area (Å²) in [4.78, 5) is 14.3. The number of rotatable bonds is 8. The van der Waals surface area contributed by atoms with Crippen molar-refractivity contribution in [3.8, 4) is 5.75 Å². The van der Waals surface area contributed by atoms with Crippen LogP contribution in [0.5, 0.6) is 5.75 Å². The Bertz CT molecular complexity index is 734. The van der Waals surface area contributed by atoms with Crippen molar-refractivity contribution in [3.63, 3.8) is 0 Å². The predicted molar refractivity (Wildman–Crippen MR) is 95.2 cm³/mol. The highest BCUT2D eigenvalue weighted by Gasteiger charge is 2.28. The topological polar surface area (TPSA) is 50.8 Å². The van der Waals surface area contributed by atoms with Gasteiger partial charge < -0.3 is 19.7 Å². The molecule has 0 saturated carbocycles. The van der Waals surface area contributed by atoms with Gasteiger partial charge in [0.2, 0.25) is 0 Å². The molecule has 1 aliphatic heterocycles. The number of ether oxygens (including phenoxy) is 2. The molecule has 0 aliphatic carbocycles. The van der Waals surface area contributed by atoms with Gasteiger partial charge in [-0.15, -0.1) is 0 Å². The molecule has 0 bridgehead atoms. The number of methoxy groups -OCH3 is 1. The molecular weight excluding hydrogens is 323 g/mol. The zero-order chi connectivity index (χ0) is 17.6. The molecule has 0 atom stereocenters. The summed E-state index contributed by atoms with van der Waals surface area (Å²) in [7, 11) is 1.62. The smallest absolute Gasteiger partial charge is 0.258 e. The number of alkyl halides is 1. The van der Waals surface area contributed by atoms with Crippen LogP contribution in [0.2, 0.25) is 0 Å². The third kappa shape index (κ3) is 3.91. The van der Waals surface area contributed by atoms with Crippen LogP contribution in [0.4, 0.5) is 15.8 Å². The maximum absolute atomic E-state index is 12.6. The number of carbonyl (C=O) groups is 1. The van der Waals surface area contributed by atoms with Gasteiger partial charge in [0, 0.05) is 23.5 Å². The van der Waals surface area contributed by atoms with E-state index in [0.717, 1.165) is 22.7 Å². The van der Waals surface area contributed by atoms with E-state index in [1.807, 2.05) is 36.4 Å². The Morgan fingerprint density at radius 2 is 1.96 bits per heavy atom. The maximum atomic E-state index is 12.6. The molecule has 0 radical (unpaired) electrons. The first-order valence-corrected chi connectivity index (χ1v) is 8.19. The van der Waals surface area contributed by atoms with Crippen LogP contribution >= 0.6 is 0 Å². The lowest BCUT2D eigenvalue weighted by molar-refractivity contribution is 0.0996. The Labute approximate surface area is 146 Å². The van der Waals surface area contributed by atoms with Gasteiger partial charge in [-0.2, -0.15) is 0 Å². The van der Waals surface area contributed by atoms with Crippen LogP contribution < -0.4 is 15.0 Å². The van der Waals surface area contributed by atoms with E-state index in [9.17, 15) is 9.18 Å². The van der Waals surface area contributed by atoms with Crippen molar-refractivity contribution in [2.45, 2.75) is 6.54 Å². The third-order valence-corrected chi connectivity index (χ3v) is 4.09. The molecule has 1 amide bonds. The number of benzene rings is 2. The Morgan fingerprint density at radius 1 is 1.16 bits per heavy atom. The molecule has 2 aromatic carbocycles. The van der Waals surface area contributed by atoms with Gasteiger partial charge in [-0.1, -0.05) is 0 Å². The van der Waals surface area contributed by atoms with E-state index in [-0.39, 0.29) is 12.5 Å². The number of carbonyl (C=O) groups excluding carboxylic acids is 1. The molecule has 3 rings (SSSR count). The van der Waals surface area contributed by atoms with Gasteiger partial charge in [-0.3, -0.25) is 4.79 Å². The Hall–Kier alpha value is -2.60. The average Bonchev–Trinajstić information content (AvgIpc) is 2.98. The van der Waals surface area contributed by atoms with E-state index in [4.69, 9.17) is 9.47 Å². The van der Waals surface area contributed by atoms with E-state index in [0.29, 0.717) is 25.3 Å². The van der Waals surface area contributed by atoms with Gasteiger partial charge in [0.1, 0.15) is 12.4 Å². The van der Waals surface area contributed by atoms with Crippen LogP contribution in [-0.2, 0) is 11.3 Å². The molecule has 1 heterocycles. The lowest BCUT2D eigenvalue weighted by Crippen LogP contribution is -2.22. The molecule has 0 unspecified atom stereocenters. The Balaban J connectivity index is 1.62. The standard InChI is InChI=1S/C19H21FN2O3/c1-24-17-6-7-18-14(12-17)13-22(19(18)23)16-4-2-15(3-5-16)21-9-11-25-10-8-20/h2-7,12,21H,8-11,13H2,1H3. The minimum absolute atomic E-state index is 0.00187. The van der Waals surface area contributed by atoms with Crippen molar-refractivity contribution in [2.24, 2.45) is 0 Å². The molecule has 0 saturated heterocycles. The monoisotopic (exact) mass is 344 g/mol. The van der Waals surface area contributed by atoms with Crippen LogP contribution in [0.25, 0.3) is 0 Å². The fourth-order valence-corrected chi connectivity index (χ4v) is 2.82. The first-order valence-electron chi connectivity index (χ1n) is 8.19. The fourth-order valence-electron chi connectivity index (χ4n) is 2.82. The largest absolute Gasteiger partial charge is 0.497 e. The van der Waals surface area contributed by atoms with Gasteiger partial charge in [0.15, 0.2) is 0 Å². The summed E-state index contributed by atoms with van der Waals surface area (Å²) in [5.74, 6) is 0.751. The summed E-state index contributed by atoms with van der Waals surface area (Å²) < 4.78 is 22.2. The highest BCUT2D eigenvalue weighted by Crippen LogP contribution is 2.31. The predicted octanol–water partition coefficient (Wildman–Crippen LogP) is 3.25. The molecule has 132 valence electrons. The highest BCUT2D eigenvalue weighted by atomic mass is 19.1. The van der Waals surface area contributed by atoms with Crippen LogP contribution in [0.1, 0.15) is 15.9 Å². The van der Waals surface area contributed by atoms with E-state index in [1.165, 1.54) is 0 Å². The molecular formula is C19H21FN2O3. The van der Waals surface area contributed by atoms with Crippen LogP contribution in [0, 0.1) is 0 Å². The molecule has 5 nitrogen and oxygen atoms in total. The first kappa shape index (κ1) is 17.2. The van der Waals surface area contributed by atoms with Crippen molar-refractivity contribution in [2.75, 3.05) is 43.8 Å². The molecule has 1 aliphatic rings. The quantitative estimate of drug-likeness (QED) is 0.747. The minimum Gasteiger partial charge on any atom is -0.497 e. The number of hydrogen-bond acceptors (Lipinski definition) is 4. The molecule has 6 heteroatoms. The second kappa shape index (κ2) is 7.98. The summed E-state index contributed by atoms with van der Waals surface area (Å²) in [6, 6.07) is 13.2. The third-order valence-electron chi connectivity index (χ3n) is 4.09. The zero-order valence-electron chi connectivity index (χ0n) is 14.1. The van der Waals surface area contributed by atoms with Crippen molar-refractivity contribution in [3.05, 3.63) is 53.6 Å². The number of hydrogen-bond donors (Lipinski definition) is 1. The number of halogens is 1. The van der Waals surface area contributed by atoms with Crippen molar-refractivity contribution < 1.29 is 18.7 Å². The van der Waals surface area contributed by atoms with E-state index in [1.54, 1.807) is 18.1 Å². The second-order valence-corrected chi connectivity index (χ2v) is 5.69. The molecule has 25 heavy (non-hydrogen) atoms. The molecule has 0 fully saturated rings. The van der Waals surface area contributed by atoms with Crippen molar-refractivity contribution >= 4 is 17.3 Å². The molecule has 0 aromatic heterocycles. The van der Waals surface area contributed by atoms with Gasteiger partial charge in [-0.25, -0.2) is 4.39 Å². The average molecular weight is 344 g/mol. The zero-order valence-corrected chi connectivity index (χ0v) is 14.1. The SMILES string of the molecule is COc1ccc2c(c1)CN(c1ccc(NCCOCCF)cc1)C2=O. The summed E-state index contributed by atoms with van der Waals surface area (Å²) in [6.07, 6.45) is 0. The van der Waals surface area contributed by atoms with Crippen LogP contribution in [0.15, 0.2) is 42.5 Å². The number of nitrogens with one attached hydrogen (secondary N) is 1. The fraction of sp³-hybridized carbons (Fsp3) is 0.316. The lowest BCUT2D eigenvalue weighted by atomic mass is 10.1. The van der Waals surface area contributed by atoms with Crippen LogP contribution in [-0.4, -0.2) is 39.5 Å². The second-order valence-electron chi connectivity index (χ2n) is 5.69. The summed E-state index contributed by atoms with van der Waals surface area (Å²) in [5.41, 5.74) is 3.46. The molecule has 0 spiro atoms. The van der Waals surface area contributed by atoms with Gasteiger partial charge in [-0.05, 0) is 48.0 Å². The van der Waals surface area contributed by atoms with Crippen molar-refractivity contribution in [1.29, 1.82) is 0 Å². The number of fused-ring (bicyclic) bond motifs is 1. The first-order chi connectivity index (χ1) is 12.2. The van der Waals surface area contributed by atoms with Gasteiger partial charge in [0.05, 0.1) is 26.9 Å².